The van der Waals surface area contributed by atoms with Gasteiger partial charge in [-0.15, -0.1) is 0 Å². The van der Waals surface area contributed by atoms with Gasteiger partial charge in [-0.3, -0.25) is 0 Å². The lowest BCUT2D eigenvalue weighted by Crippen LogP contribution is -3.38. The Morgan fingerprint density at radius 2 is 0.354 bits per heavy atom. The van der Waals surface area contributed by atoms with Gasteiger partial charge in [0.1, 0.15) is 0 Å². The Labute approximate surface area is 278 Å². The van der Waals surface area contributed by atoms with Gasteiger partial charge in [0.05, 0.1) is 0 Å². The van der Waals surface area contributed by atoms with Gasteiger partial charge in [0, 0.05) is 0 Å². The Hall–Kier alpha value is 0. The summed E-state index contributed by atoms with van der Waals surface area (Å²) in [5.41, 5.74) is 15.3. The Kier molecular flexibility index (Phi) is 1.17. The van der Waals surface area contributed by atoms with E-state index in [-0.39, 0.29) is 0 Å². The molecule has 0 N–H and O–H groups in total. The predicted octanol–water partition coefficient (Wildman–Crippen LogP) is 5.25. The van der Waals surface area contributed by atoms with E-state index < -0.39 is 0 Å². The lowest BCUT2D eigenvalue weighted by Gasteiger charge is -3.40. The van der Waals surface area contributed by atoms with Crippen molar-refractivity contribution in [3.63, 3.8) is 0 Å². The molecule has 48 heavy (non-hydrogen) atoms. The molecule has 30 rings (SSSR count). The van der Waals surface area contributed by atoms with Crippen LogP contribution in [-0.2, 0) is 0 Å². The fourth-order valence-electron chi connectivity index (χ4n) is 44.6. The minimum absolute atomic E-state index is 1.07. The summed E-state index contributed by atoms with van der Waals surface area (Å²) in [4.78, 5) is 0. The third kappa shape index (κ3) is 0.536. The first-order valence-corrected chi connectivity index (χ1v) is 23.8. The zero-order chi connectivity index (χ0) is 27.1. The lowest BCUT2D eigenvalue weighted by atomic mass is 8.63. The van der Waals surface area contributed by atoms with Crippen LogP contribution in [0.3, 0.4) is 0 Å². The highest BCUT2D eigenvalue weighted by Crippen LogP contribution is 3.42. The van der Waals surface area contributed by atoms with Crippen LogP contribution in [0.1, 0.15) is 25.7 Å². The Balaban J connectivity index is 0.675. The average molecular weight is 615 g/mol. The van der Waals surface area contributed by atoms with Crippen LogP contribution in [0.2, 0.25) is 0 Å². The van der Waals surface area contributed by atoms with E-state index in [9.17, 15) is 0 Å². The molecule has 30 saturated carbocycles. The van der Waals surface area contributed by atoms with Crippen LogP contribution in [0.4, 0.5) is 0 Å². The first-order valence-electron chi connectivity index (χ1n) is 23.8. The van der Waals surface area contributed by atoms with E-state index in [1.54, 1.807) is 25.7 Å². The molecule has 30 aliphatic rings. The summed E-state index contributed by atoms with van der Waals surface area (Å²) in [5, 5.41) is 0. The fraction of sp³-hybridized carbons (Fsp3) is 1.00. The Bertz CT molecular complexity index is 2340. The molecule has 0 amide bonds. The summed E-state index contributed by atoms with van der Waals surface area (Å²) in [6.07, 6.45) is 7.04. The van der Waals surface area contributed by atoms with Crippen molar-refractivity contribution >= 4 is 0 Å². The van der Waals surface area contributed by atoms with Crippen molar-refractivity contribution in [2.45, 2.75) is 25.7 Å². The molecule has 0 saturated heterocycles. The van der Waals surface area contributed by atoms with Crippen molar-refractivity contribution in [1.82, 2.24) is 0 Å². The van der Waals surface area contributed by atoms with E-state index in [0.29, 0.717) is 0 Å². The predicted molar refractivity (Wildman–Crippen MR) is 157 cm³/mol. The molecular formula is C48H38. The van der Waals surface area contributed by atoms with Gasteiger partial charge in [-0.25, -0.2) is 0 Å². The van der Waals surface area contributed by atoms with Crippen molar-refractivity contribution < 1.29 is 0 Å². The molecular weight excluding hydrogens is 577 g/mol. The fourth-order valence-corrected chi connectivity index (χ4v) is 44.6. The van der Waals surface area contributed by atoms with Gasteiger partial charge >= 0.3 is 0 Å². The van der Waals surface area contributed by atoms with Crippen LogP contribution in [0.25, 0.3) is 0 Å². The normalized spacial score (nSPS) is 126. The van der Waals surface area contributed by atoms with E-state index in [2.05, 4.69) is 0 Å². The highest BCUT2D eigenvalue weighted by atomic mass is 15.4. The van der Waals surface area contributed by atoms with E-state index in [1.807, 2.05) is 0 Å². The third-order valence-corrected chi connectivity index (χ3v) is 37.8. The number of rotatable bonds is 0. The van der Waals surface area contributed by atoms with Crippen LogP contribution in [0.5, 0.6) is 0 Å². The Morgan fingerprint density at radius 1 is 0.188 bits per heavy atom. The molecule has 230 valence electrons. The van der Waals surface area contributed by atoms with Crippen LogP contribution in [-0.4, -0.2) is 0 Å². The molecule has 14 spiro atoms. The molecule has 0 aromatic rings. The lowest BCUT2D eigenvalue weighted by molar-refractivity contribution is -0.945. The number of fused-ring (bicyclic) bond motifs is 26. The molecule has 0 aromatic carbocycles. The van der Waals surface area contributed by atoms with Crippen molar-refractivity contribution in [1.29, 1.82) is 0 Å². The minimum atomic E-state index is 1.07. The van der Waals surface area contributed by atoms with Crippen molar-refractivity contribution in [2.75, 3.05) is 0 Å². The number of hydrogen-bond acceptors (Lipinski definition) is 0. The summed E-state index contributed by atoms with van der Waals surface area (Å²) < 4.78 is 0. The second-order valence-electron chi connectivity index (χ2n) is 29.7. The molecule has 0 nitrogen and oxygen atoms in total. The van der Waals surface area contributed by atoms with Gasteiger partial charge in [-0.2, -0.15) is 0 Å². The van der Waals surface area contributed by atoms with E-state index >= 15 is 0 Å². The van der Waals surface area contributed by atoms with Crippen LogP contribution < -0.4 is 0 Å². The monoisotopic (exact) mass is 614 g/mol. The SMILES string of the molecule is C1C2CC3C4C5C6C7C8C9C%10C%11C%12C%13C%14C%15C%16CC%17CC%18C%19C%20C%21C%22C%23C%24C%25C%26C%27C%28C%29C%30C1C23C%304C%295C%286C%277C%268C%259C%24%10C%23%11C%22%12C%21%13C%20%14C%19%15C%17%18%16. The number of hydrogen-bond donors (Lipinski definition) is 0. The maximum atomic E-state index is 1.76. The second-order valence-corrected chi connectivity index (χ2v) is 29.7. The highest BCUT2D eigenvalue weighted by Gasteiger charge is 3.40. The summed E-state index contributed by atoms with van der Waals surface area (Å²) in [6, 6.07) is 0. The van der Waals surface area contributed by atoms with Gasteiger partial charge in [-0.05, 0) is 279 Å². The third-order valence-electron chi connectivity index (χ3n) is 37.8. The molecule has 0 bridgehead atoms. The van der Waals surface area contributed by atoms with Crippen LogP contribution in [0, 0.1) is 253 Å². The average Bonchev–Trinajstić information content (AvgIpc) is 2.94. The summed E-state index contributed by atoms with van der Waals surface area (Å²) >= 11 is 0. The molecule has 30 fully saturated rings. The summed E-state index contributed by atoms with van der Waals surface area (Å²) in [6.45, 7) is 0. The van der Waals surface area contributed by atoms with E-state index in [1.165, 1.54) is 178 Å². The quantitative estimate of drug-likeness (QED) is 0.350. The first kappa shape index (κ1) is 17.9. The molecule has 0 radical (unpaired) electrons. The van der Waals surface area contributed by atoms with Gasteiger partial charge in [0.25, 0.3) is 0 Å². The van der Waals surface area contributed by atoms with Gasteiger partial charge in [0.2, 0.25) is 0 Å². The van der Waals surface area contributed by atoms with E-state index in [0.717, 1.165) is 75.8 Å². The molecule has 0 aromatic heterocycles. The van der Waals surface area contributed by atoms with Crippen LogP contribution in [0.15, 0.2) is 0 Å². The molecule has 0 aliphatic heterocycles. The Morgan fingerprint density at radius 3 is 0.542 bits per heavy atom. The van der Waals surface area contributed by atoms with Gasteiger partial charge in [0.15, 0.2) is 0 Å². The smallest absolute Gasteiger partial charge is 0.00932 e. The van der Waals surface area contributed by atoms with E-state index in [4.69, 9.17) is 0 Å². The summed E-state index contributed by atoms with van der Waals surface area (Å²) in [7, 11) is 0. The zero-order valence-electron chi connectivity index (χ0n) is 27.1. The van der Waals surface area contributed by atoms with Crippen molar-refractivity contribution in [3.8, 4) is 0 Å². The molecule has 28 unspecified atom stereocenters. The highest BCUT2D eigenvalue weighted by molar-refractivity contribution is 5.85. The first-order chi connectivity index (χ1) is 23.8. The maximum absolute atomic E-state index is 1.76. The maximum Gasteiger partial charge on any atom is -0.00932 e. The van der Waals surface area contributed by atoms with Crippen LogP contribution >= 0.6 is 0 Å². The molecule has 28 atom stereocenters. The molecule has 0 heteroatoms. The van der Waals surface area contributed by atoms with Gasteiger partial charge in [-0.1, -0.05) is 0 Å². The zero-order valence-corrected chi connectivity index (χ0v) is 27.1. The topological polar surface area (TPSA) is 0 Å². The minimum Gasteiger partial charge on any atom is -0.0461 e. The van der Waals surface area contributed by atoms with Gasteiger partial charge < -0.3 is 0 Å². The summed E-state index contributed by atoms with van der Waals surface area (Å²) in [5.74, 6) is 41.1. The molecule has 0 heterocycles. The largest absolute Gasteiger partial charge is 0.0461 e. The second kappa shape index (κ2) is 3.14. The standard InChI is InChI=1S/C48H38/c1-5-2-8-12-16-20-24-28-33-34-30-26-22-18-14-10-4-6-3-9-13-17-21-25-29-32-31-27-23-19-15-11-7(1)35(5,8)37(11,12)39(15,16)41(19,20)43(23,24)45(27,28)47(31,33)48(32,34)46(29,30)44(25,26)42(21,22)40(17,18)38(13,14)36(6,9)10/h5-34H,1-4H2. The van der Waals surface area contributed by atoms with Crippen molar-refractivity contribution in [2.24, 2.45) is 253 Å². The van der Waals surface area contributed by atoms with Crippen molar-refractivity contribution in [3.05, 3.63) is 0 Å². The molecule has 30 aliphatic carbocycles.